The molecule has 0 radical (unpaired) electrons. The minimum atomic E-state index is -0.779. The van der Waals surface area contributed by atoms with Crippen LogP contribution in [-0.2, 0) is 16.0 Å². The van der Waals surface area contributed by atoms with Gasteiger partial charge in [0.1, 0.15) is 22.0 Å². The molecule has 2 aromatic rings. The number of thiazole rings is 1. The molecule has 25 heavy (non-hydrogen) atoms. The number of hydrogen-bond acceptors (Lipinski definition) is 4. The van der Waals surface area contributed by atoms with Gasteiger partial charge in [-0.3, -0.25) is 9.59 Å². The SMILES string of the molecule is CCCC(NC(=O)Cc1cc(F)cc(F)c1)C(=O)Nc1ncc(Cl)s1. The van der Waals surface area contributed by atoms with Crippen LogP contribution < -0.4 is 10.6 Å². The van der Waals surface area contributed by atoms with Crippen molar-refractivity contribution in [1.29, 1.82) is 0 Å². The molecule has 2 amide bonds. The molecule has 0 spiro atoms. The molecule has 1 atom stereocenters. The Hall–Kier alpha value is -2.06. The molecule has 0 aliphatic carbocycles. The molecule has 9 heteroatoms. The lowest BCUT2D eigenvalue weighted by Crippen LogP contribution is -2.44. The Balaban J connectivity index is 1.99. The molecule has 0 saturated carbocycles. The van der Waals surface area contributed by atoms with Crippen molar-refractivity contribution in [2.75, 3.05) is 5.32 Å². The molecule has 1 heterocycles. The van der Waals surface area contributed by atoms with Gasteiger partial charge in [-0.1, -0.05) is 36.3 Å². The topological polar surface area (TPSA) is 71.1 Å². The van der Waals surface area contributed by atoms with Crippen molar-refractivity contribution in [2.24, 2.45) is 0 Å². The summed E-state index contributed by atoms with van der Waals surface area (Å²) in [7, 11) is 0. The van der Waals surface area contributed by atoms with E-state index in [0.717, 1.165) is 29.5 Å². The Morgan fingerprint density at radius 1 is 1.28 bits per heavy atom. The van der Waals surface area contributed by atoms with Gasteiger partial charge in [0.2, 0.25) is 11.8 Å². The number of rotatable bonds is 7. The van der Waals surface area contributed by atoms with Crippen LogP contribution in [0.25, 0.3) is 0 Å². The van der Waals surface area contributed by atoms with Gasteiger partial charge in [-0.15, -0.1) is 0 Å². The third-order valence-corrected chi connectivity index (χ3v) is 4.25. The molecule has 0 fully saturated rings. The highest BCUT2D eigenvalue weighted by atomic mass is 35.5. The summed E-state index contributed by atoms with van der Waals surface area (Å²) in [5.74, 6) is -2.44. The summed E-state index contributed by atoms with van der Waals surface area (Å²) in [5.41, 5.74) is 0.192. The average molecular weight is 388 g/mol. The molecular weight excluding hydrogens is 372 g/mol. The average Bonchev–Trinajstić information content (AvgIpc) is 2.90. The largest absolute Gasteiger partial charge is 0.344 e. The highest BCUT2D eigenvalue weighted by molar-refractivity contribution is 7.19. The Morgan fingerprint density at radius 2 is 1.96 bits per heavy atom. The van der Waals surface area contributed by atoms with E-state index in [-0.39, 0.29) is 12.0 Å². The van der Waals surface area contributed by atoms with E-state index in [1.165, 1.54) is 6.20 Å². The first-order valence-corrected chi connectivity index (χ1v) is 8.73. The second-order valence-corrected chi connectivity index (χ2v) is 6.98. The fourth-order valence-corrected chi connectivity index (χ4v) is 3.02. The van der Waals surface area contributed by atoms with Crippen LogP contribution in [0.3, 0.4) is 0 Å². The van der Waals surface area contributed by atoms with Gasteiger partial charge < -0.3 is 10.6 Å². The summed E-state index contributed by atoms with van der Waals surface area (Å²) in [6.45, 7) is 1.87. The smallest absolute Gasteiger partial charge is 0.248 e. The lowest BCUT2D eigenvalue weighted by molar-refractivity contribution is -0.126. The predicted molar refractivity (Wildman–Crippen MR) is 92.7 cm³/mol. The number of carbonyl (C=O) groups excluding carboxylic acids is 2. The highest BCUT2D eigenvalue weighted by Gasteiger charge is 2.21. The second kappa shape index (κ2) is 8.87. The van der Waals surface area contributed by atoms with Crippen LogP contribution in [0, 0.1) is 11.6 Å². The monoisotopic (exact) mass is 387 g/mol. The molecule has 0 aliphatic rings. The zero-order valence-corrected chi connectivity index (χ0v) is 14.9. The van der Waals surface area contributed by atoms with Crippen LogP contribution in [-0.4, -0.2) is 22.8 Å². The van der Waals surface area contributed by atoms with Crippen LogP contribution in [0.15, 0.2) is 24.4 Å². The summed E-state index contributed by atoms with van der Waals surface area (Å²) >= 11 is 6.86. The number of amides is 2. The number of carbonyl (C=O) groups is 2. The maximum absolute atomic E-state index is 13.2. The molecular formula is C16H16ClF2N3O2S. The fourth-order valence-electron chi connectivity index (χ4n) is 2.21. The van der Waals surface area contributed by atoms with E-state index in [4.69, 9.17) is 11.6 Å². The molecule has 0 saturated heterocycles. The minimum Gasteiger partial charge on any atom is -0.344 e. The van der Waals surface area contributed by atoms with E-state index in [1.807, 2.05) is 6.92 Å². The molecule has 2 rings (SSSR count). The Kier molecular flexibility index (Phi) is 6.83. The van der Waals surface area contributed by atoms with Crippen molar-refractivity contribution in [1.82, 2.24) is 10.3 Å². The number of benzene rings is 1. The van der Waals surface area contributed by atoms with Gasteiger partial charge in [-0.2, -0.15) is 0 Å². The van der Waals surface area contributed by atoms with Crippen molar-refractivity contribution < 1.29 is 18.4 Å². The number of halogens is 3. The lowest BCUT2D eigenvalue weighted by Gasteiger charge is -2.17. The zero-order valence-electron chi connectivity index (χ0n) is 13.3. The van der Waals surface area contributed by atoms with E-state index in [0.29, 0.717) is 22.3 Å². The van der Waals surface area contributed by atoms with Gasteiger partial charge in [-0.05, 0) is 24.1 Å². The Labute approximate surface area is 152 Å². The van der Waals surface area contributed by atoms with E-state index in [9.17, 15) is 18.4 Å². The molecule has 134 valence electrons. The number of anilines is 1. The molecule has 1 unspecified atom stereocenters. The maximum atomic E-state index is 13.2. The first-order valence-electron chi connectivity index (χ1n) is 7.54. The predicted octanol–water partition coefficient (Wildman–Crippen LogP) is 3.54. The maximum Gasteiger partial charge on any atom is 0.248 e. The lowest BCUT2D eigenvalue weighted by atomic mass is 10.1. The first kappa shape index (κ1) is 19.3. The number of nitrogens with zero attached hydrogens (tertiary/aromatic N) is 1. The second-order valence-electron chi connectivity index (χ2n) is 5.32. The van der Waals surface area contributed by atoms with Crippen molar-refractivity contribution in [3.63, 3.8) is 0 Å². The molecule has 1 aromatic carbocycles. The van der Waals surface area contributed by atoms with Crippen LogP contribution >= 0.6 is 22.9 Å². The van der Waals surface area contributed by atoms with Crippen LogP contribution in [0.1, 0.15) is 25.3 Å². The van der Waals surface area contributed by atoms with Crippen LogP contribution in [0.2, 0.25) is 4.34 Å². The van der Waals surface area contributed by atoms with Gasteiger partial charge in [0, 0.05) is 6.07 Å². The summed E-state index contributed by atoms with van der Waals surface area (Å²) in [6.07, 6.45) is 2.25. The summed E-state index contributed by atoms with van der Waals surface area (Å²) in [4.78, 5) is 28.3. The molecule has 1 aromatic heterocycles. The molecule has 5 nitrogen and oxygen atoms in total. The van der Waals surface area contributed by atoms with E-state index in [1.54, 1.807) is 0 Å². The molecule has 0 bridgehead atoms. The van der Waals surface area contributed by atoms with Gasteiger partial charge >= 0.3 is 0 Å². The van der Waals surface area contributed by atoms with Crippen LogP contribution in [0.5, 0.6) is 0 Å². The number of hydrogen-bond donors (Lipinski definition) is 2. The fraction of sp³-hybridized carbons (Fsp3) is 0.312. The third kappa shape index (κ3) is 6.06. The minimum absolute atomic E-state index is 0.192. The van der Waals surface area contributed by atoms with Crippen molar-refractivity contribution in [3.8, 4) is 0 Å². The molecule has 2 N–H and O–H groups in total. The quantitative estimate of drug-likeness (QED) is 0.763. The van der Waals surface area contributed by atoms with Gasteiger partial charge in [0.25, 0.3) is 0 Å². The standard InChI is InChI=1S/C16H16ClF2N3O2S/c1-2-3-12(15(24)22-16-20-8-13(17)25-16)21-14(23)6-9-4-10(18)7-11(19)5-9/h4-5,7-8,12H,2-3,6H2,1H3,(H,21,23)(H,20,22,24). The number of nitrogens with one attached hydrogen (secondary N) is 2. The summed E-state index contributed by atoms with van der Waals surface area (Å²) in [5, 5.41) is 5.50. The van der Waals surface area contributed by atoms with E-state index >= 15 is 0 Å². The molecule has 0 aliphatic heterocycles. The Bertz CT molecular complexity index is 749. The van der Waals surface area contributed by atoms with E-state index < -0.39 is 29.5 Å². The Morgan fingerprint density at radius 3 is 2.52 bits per heavy atom. The van der Waals surface area contributed by atoms with Crippen molar-refractivity contribution in [2.45, 2.75) is 32.2 Å². The van der Waals surface area contributed by atoms with Crippen molar-refractivity contribution >= 4 is 39.9 Å². The van der Waals surface area contributed by atoms with Gasteiger partial charge in [0.15, 0.2) is 5.13 Å². The summed E-state index contributed by atoms with van der Waals surface area (Å²) in [6, 6.07) is 2.11. The zero-order chi connectivity index (χ0) is 18.4. The summed E-state index contributed by atoms with van der Waals surface area (Å²) < 4.78 is 26.8. The number of aromatic nitrogens is 1. The normalized spacial score (nSPS) is 11.8. The van der Waals surface area contributed by atoms with Crippen LogP contribution in [0.4, 0.5) is 13.9 Å². The van der Waals surface area contributed by atoms with Gasteiger partial charge in [0.05, 0.1) is 12.6 Å². The van der Waals surface area contributed by atoms with Gasteiger partial charge in [-0.25, -0.2) is 13.8 Å². The van der Waals surface area contributed by atoms with E-state index in [2.05, 4.69) is 15.6 Å². The third-order valence-electron chi connectivity index (χ3n) is 3.22. The first-order chi connectivity index (χ1) is 11.9. The highest BCUT2D eigenvalue weighted by Crippen LogP contribution is 2.22. The van der Waals surface area contributed by atoms with Crippen molar-refractivity contribution in [3.05, 3.63) is 45.9 Å².